The Kier molecular flexibility index (Phi) is 7.30. The van der Waals surface area contributed by atoms with E-state index >= 15 is 0 Å². The van der Waals surface area contributed by atoms with Crippen LogP contribution in [0.25, 0.3) is 11.2 Å². The van der Waals surface area contributed by atoms with Crippen LogP contribution in [0, 0.1) is 23.7 Å². The molecule has 3 atom stereocenters. The number of nitrogens with two attached hydrogens (primary N) is 1. The predicted octanol–water partition coefficient (Wildman–Crippen LogP) is 2.95. The number of nitrogens with zero attached hydrogens (tertiary/aromatic N) is 3. The molecule has 230 valence electrons. The number of rotatable bonds is 8. The molecule has 3 aromatic rings. The fraction of sp³-hybridized carbons (Fsp3) is 0.613. The number of aromatic amines is 1. The number of amides is 2. The normalized spacial score (nSPS) is 24.8. The van der Waals surface area contributed by atoms with Gasteiger partial charge in [-0.05, 0) is 92.7 Å². The van der Waals surface area contributed by atoms with Crippen LogP contribution < -0.4 is 37.1 Å². The van der Waals surface area contributed by atoms with Gasteiger partial charge in [-0.25, -0.2) is 9.59 Å². The standard InChI is InChI=1S/C18H24N2O3.C13H17N5O2/c1-22-15-5-4-12(14-9-19-18(21)20-10-14)8-17(15)23-16-7-11-2-3-13(16)6-11;14-12-15-9-10(16-12)17(5-7-1-2-7)13(20)18(11(9)19)6-8-3-4-8/h4-5,8,11,13-14,16H,2-3,6-7,9-10H2,1H3,(H2,19,20,21);7-8H,1-6H2,(H3,14,15,16). The van der Waals surface area contributed by atoms with Gasteiger partial charge < -0.3 is 30.8 Å². The lowest BCUT2D eigenvalue weighted by Gasteiger charge is -2.27. The summed E-state index contributed by atoms with van der Waals surface area (Å²) >= 11 is 0. The summed E-state index contributed by atoms with van der Waals surface area (Å²) in [6, 6.07) is 6.05. The van der Waals surface area contributed by atoms with E-state index in [1.54, 1.807) is 11.7 Å². The van der Waals surface area contributed by atoms with Gasteiger partial charge in [-0.1, -0.05) is 6.07 Å². The Balaban J connectivity index is 0.000000141. The number of urea groups is 1. The Hall–Kier alpha value is -3.96. The number of H-pyrrole nitrogens is 1. The van der Waals surface area contributed by atoms with E-state index in [1.165, 1.54) is 35.8 Å². The number of anilines is 1. The number of carbonyl (C=O) groups is 1. The number of nitrogen functional groups attached to an aromatic ring is 1. The summed E-state index contributed by atoms with van der Waals surface area (Å²) in [6.45, 7) is 2.46. The monoisotopic (exact) mass is 591 g/mol. The molecule has 4 aliphatic carbocycles. The molecule has 5 aliphatic rings. The Morgan fingerprint density at radius 3 is 2.28 bits per heavy atom. The third kappa shape index (κ3) is 5.83. The minimum absolute atomic E-state index is 0.0896. The van der Waals surface area contributed by atoms with Gasteiger partial charge in [0.1, 0.15) is 6.10 Å². The van der Waals surface area contributed by atoms with Crippen LogP contribution in [0.1, 0.15) is 62.8 Å². The molecule has 4 saturated carbocycles. The summed E-state index contributed by atoms with van der Waals surface area (Å²) in [5.74, 6) is 4.66. The number of ether oxygens (including phenoxy) is 2. The fourth-order valence-electron chi connectivity index (χ4n) is 6.96. The fourth-order valence-corrected chi connectivity index (χ4v) is 6.96. The van der Waals surface area contributed by atoms with Gasteiger partial charge in [0.05, 0.1) is 7.11 Å². The number of methoxy groups -OCH3 is 1. The molecule has 3 heterocycles. The zero-order valence-electron chi connectivity index (χ0n) is 24.6. The molecule has 2 amide bonds. The summed E-state index contributed by atoms with van der Waals surface area (Å²) < 4.78 is 14.8. The van der Waals surface area contributed by atoms with Gasteiger partial charge >= 0.3 is 11.7 Å². The van der Waals surface area contributed by atoms with Crippen LogP contribution >= 0.6 is 0 Å². The maximum absolute atomic E-state index is 12.6. The first kappa shape index (κ1) is 27.8. The number of benzene rings is 1. The van der Waals surface area contributed by atoms with Gasteiger partial charge in [0.25, 0.3) is 5.56 Å². The van der Waals surface area contributed by atoms with Crippen molar-refractivity contribution >= 4 is 23.1 Å². The molecule has 2 aromatic heterocycles. The van der Waals surface area contributed by atoms with E-state index in [9.17, 15) is 14.4 Å². The molecule has 5 N–H and O–H groups in total. The third-order valence-electron chi connectivity index (χ3n) is 9.78. The molecular formula is C31H41N7O5. The van der Waals surface area contributed by atoms with Crippen molar-refractivity contribution in [1.29, 1.82) is 0 Å². The molecule has 3 unspecified atom stereocenters. The second-order valence-electron chi connectivity index (χ2n) is 13.0. The molecule has 1 aliphatic heterocycles. The largest absolute Gasteiger partial charge is 0.493 e. The molecule has 0 spiro atoms. The highest BCUT2D eigenvalue weighted by Gasteiger charge is 2.41. The highest BCUT2D eigenvalue weighted by Crippen LogP contribution is 2.47. The number of carbonyl (C=O) groups excluding carboxylic acids is 1. The molecule has 5 fully saturated rings. The second kappa shape index (κ2) is 11.3. The Morgan fingerprint density at radius 2 is 1.65 bits per heavy atom. The maximum Gasteiger partial charge on any atom is 0.332 e. The molecule has 12 nitrogen and oxygen atoms in total. The zero-order chi connectivity index (χ0) is 29.7. The average molecular weight is 592 g/mol. The van der Waals surface area contributed by atoms with Crippen LogP contribution in [0.15, 0.2) is 27.8 Å². The molecule has 1 saturated heterocycles. The summed E-state index contributed by atoms with van der Waals surface area (Å²) in [4.78, 5) is 43.1. The number of fused-ring (bicyclic) bond motifs is 3. The van der Waals surface area contributed by atoms with Gasteiger partial charge in [0, 0.05) is 32.1 Å². The molecule has 12 heteroatoms. The highest BCUT2D eigenvalue weighted by molar-refractivity contribution is 5.75. The van der Waals surface area contributed by atoms with E-state index < -0.39 is 0 Å². The van der Waals surface area contributed by atoms with E-state index in [-0.39, 0.29) is 29.1 Å². The Labute approximate surface area is 249 Å². The van der Waals surface area contributed by atoms with Crippen molar-refractivity contribution in [3.05, 3.63) is 44.6 Å². The van der Waals surface area contributed by atoms with Crippen molar-refractivity contribution in [3.63, 3.8) is 0 Å². The van der Waals surface area contributed by atoms with Crippen molar-refractivity contribution in [1.82, 2.24) is 29.7 Å². The van der Waals surface area contributed by atoms with Gasteiger partial charge in [-0.15, -0.1) is 0 Å². The zero-order valence-corrected chi connectivity index (χ0v) is 24.6. The van der Waals surface area contributed by atoms with Crippen molar-refractivity contribution in [2.24, 2.45) is 23.7 Å². The van der Waals surface area contributed by atoms with Gasteiger partial charge in [0.2, 0.25) is 0 Å². The maximum atomic E-state index is 12.6. The van der Waals surface area contributed by atoms with Crippen molar-refractivity contribution in [2.45, 2.75) is 76.5 Å². The van der Waals surface area contributed by atoms with Crippen LogP contribution in [0.2, 0.25) is 0 Å². The first-order valence-corrected chi connectivity index (χ1v) is 15.7. The SMILES string of the molecule is COc1ccc(C2CNC(=O)NC2)cc1OC1CC2CCC1C2.Nc1nc2c([nH]1)c(=O)n(CC1CC1)c(=O)n2CC1CC1. The van der Waals surface area contributed by atoms with E-state index in [0.717, 1.165) is 43.1 Å². The second-order valence-corrected chi connectivity index (χ2v) is 13.0. The summed E-state index contributed by atoms with van der Waals surface area (Å²) in [7, 11) is 1.69. The summed E-state index contributed by atoms with van der Waals surface area (Å²) in [5, 5.41) is 5.70. The molecule has 8 rings (SSSR count). The number of hydrogen-bond acceptors (Lipinski definition) is 7. The van der Waals surface area contributed by atoms with Gasteiger partial charge in [-0.3, -0.25) is 13.9 Å². The van der Waals surface area contributed by atoms with Crippen LogP contribution in [-0.2, 0) is 13.1 Å². The number of hydrogen-bond donors (Lipinski definition) is 4. The minimum Gasteiger partial charge on any atom is -0.493 e. The summed E-state index contributed by atoms with van der Waals surface area (Å²) in [5.41, 5.74) is 7.04. The topological polar surface area (TPSA) is 158 Å². The predicted molar refractivity (Wildman–Crippen MR) is 161 cm³/mol. The van der Waals surface area contributed by atoms with Crippen LogP contribution in [0.3, 0.4) is 0 Å². The Bertz CT molecular complexity index is 1630. The van der Waals surface area contributed by atoms with Crippen molar-refractivity contribution in [2.75, 3.05) is 25.9 Å². The summed E-state index contributed by atoms with van der Waals surface area (Å²) in [6.07, 6.45) is 9.97. The number of imidazole rings is 1. The minimum atomic E-state index is -0.298. The Morgan fingerprint density at radius 1 is 0.930 bits per heavy atom. The van der Waals surface area contributed by atoms with Crippen LogP contribution in [0.4, 0.5) is 10.7 Å². The smallest absolute Gasteiger partial charge is 0.332 e. The molecule has 0 radical (unpaired) electrons. The first-order chi connectivity index (χ1) is 20.9. The third-order valence-corrected chi connectivity index (χ3v) is 9.78. The lowest BCUT2D eigenvalue weighted by molar-refractivity contribution is 0.133. The van der Waals surface area contributed by atoms with Crippen molar-refractivity contribution < 1.29 is 14.3 Å². The van der Waals surface area contributed by atoms with Gasteiger partial charge in [0.15, 0.2) is 28.6 Å². The van der Waals surface area contributed by atoms with Crippen molar-refractivity contribution in [3.8, 4) is 11.5 Å². The molecule has 1 aromatic carbocycles. The first-order valence-electron chi connectivity index (χ1n) is 15.7. The quantitative estimate of drug-likeness (QED) is 0.314. The van der Waals surface area contributed by atoms with Gasteiger partial charge in [-0.2, -0.15) is 4.98 Å². The molecule has 43 heavy (non-hydrogen) atoms. The molecule has 2 bridgehead atoms. The van der Waals surface area contributed by atoms with E-state index in [1.807, 2.05) is 6.07 Å². The average Bonchev–Trinajstić information content (AvgIpc) is 3.90. The van der Waals surface area contributed by atoms with Crippen LogP contribution in [-0.4, -0.2) is 51.4 Å². The lowest BCUT2D eigenvalue weighted by Crippen LogP contribution is -2.47. The highest BCUT2D eigenvalue weighted by atomic mass is 16.5. The lowest BCUT2D eigenvalue weighted by atomic mass is 9.96. The van der Waals surface area contributed by atoms with E-state index in [0.29, 0.717) is 61.2 Å². The molecular weight excluding hydrogens is 550 g/mol. The van der Waals surface area contributed by atoms with E-state index in [2.05, 4.69) is 32.7 Å². The van der Waals surface area contributed by atoms with E-state index in [4.69, 9.17) is 15.2 Å². The number of nitrogens with one attached hydrogen (secondary N) is 3. The number of aromatic nitrogens is 4. The van der Waals surface area contributed by atoms with Crippen LogP contribution in [0.5, 0.6) is 11.5 Å².